The van der Waals surface area contributed by atoms with Gasteiger partial charge in [0, 0.05) is 34.7 Å². The molecule has 0 radical (unpaired) electrons. The second kappa shape index (κ2) is 10.4. The molecule has 0 aliphatic carbocycles. The van der Waals surface area contributed by atoms with Gasteiger partial charge in [-0.05, 0) is 24.3 Å². The number of nitrogens with one attached hydrogen (secondary N) is 1. The largest absolute Gasteiger partial charge is 0.465 e. The highest BCUT2D eigenvalue weighted by Crippen LogP contribution is 2.26. The van der Waals surface area contributed by atoms with E-state index in [1.54, 1.807) is 24.3 Å². The van der Waals surface area contributed by atoms with Crippen LogP contribution in [-0.4, -0.2) is 40.1 Å². The van der Waals surface area contributed by atoms with E-state index in [1.165, 1.54) is 54.1 Å². The van der Waals surface area contributed by atoms with Crippen LogP contribution in [0.3, 0.4) is 0 Å². The van der Waals surface area contributed by atoms with Gasteiger partial charge < -0.3 is 4.74 Å². The molecule has 2 heterocycles. The summed E-state index contributed by atoms with van der Waals surface area (Å²) in [6, 6.07) is 9.62. The number of carbonyl (C=O) groups is 1. The molecule has 3 aromatic rings. The quantitative estimate of drug-likeness (QED) is 0.412. The molecule has 1 aromatic carbocycles. The van der Waals surface area contributed by atoms with Crippen LogP contribution in [0, 0.1) is 0 Å². The Morgan fingerprint density at radius 3 is 2.62 bits per heavy atom. The number of sulfonamides is 1. The van der Waals surface area contributed by atoms with Crippen LogP contribution in [-0.2, 0) is 35.8 Å². The number of rotatable bonds is 10. The van der Waals surface area contributed by atoms with Crippen molar-refractivity contribution < 1.29 is 26.4 Å². The molecule has 0 saturated heterocycles. The van der Waals surface area contributed by atoms with E-state index in [9.17, 15) is 21.6 Å². The molecule has 0 amide bonds. The molecule has 1 N–H and O–H groups in total. The lowest BCUT2D eigenvalue weighted by Crippen LogP contribution is -2.15. The molecular formula is C20H20N2O6S4. The van der Waals surface area contributed by atoms with Gasteiger partial charge in [0.1, 0.15) is 0 Å². The van der Waals surface area contributed by atoms with Crippen LogP contribution in [0.2, 0.25) is 0 Å². The third-order valence-corrected chi connectivity index (χ3v) is 9.04. The zero-order chi connectivity index (χ0) is 23.2. The molecule has 12 heteroatoms. The van der Waals surface area contributed by atoms with Crippen molar-refractivity contribution in [3.63, 3.8) is 0 Å². The summed E-state index contributed by atoms with van der Waals surface area (Å²) in [5, 5.41) is 1.75. The Labute approximate surface area is 194 Å². The maximum absolute atomic E-state index is 12.6. The second-order valence-corrected chi connectivity index (χ2v) is 12.3. The van der Waals surface area contributed by atoms with Gasteiger partial charge in [0.15, 0.2) is 5.13 Å². The normalized spacial score (nSPS) is 12.2. The van der Waals surface area contributed by atoms with Gasteiger partial charge in [0.25, 0.3) is 0 Å². The van der Waals surface area contributed by atoms with E-state index >= 15 is 0 Å². The minimum Gasteiger partial charge on any atom is -0.465 e. The molecule has 2 aromatic heterocycles. The van der Waals surface area contributed by atoms with Crippen LogP contribution in [0.25, 0.3) is 6.08 Å². The minimum atomic E-state index is -3.68. The van der Waals surface area contributed by atoms with Gasteiger partial charge in [-0.25, -0.2) is 21.8 Å². The van der Waals surface area contributed by atoms with Crippen molar-refractivity contribution in [1.29, 1.82) is 0 Å². The first-order valence-corrected chi connectivity index (χ1v) is 14.1. The Kier molecular flexibility index (Phi) is 7.82. The van der Waals surface area contributed by atoms with Crippen molar-refractivity contribution >= 4 is 59.7 Å². The topological polar surface area (TPSA) is 119 Å². The lowest BCUT2D eigenvalue weighted by molar-refractivity contribution is -0.140. The summed E-state index contributed by atoms with van der Waals surface area (Å²) in [7, 11) is -7.29. The molecule has 0 unspecified atom stereocenters. The van der Waals surface area contributed by atoms with Crippen LogP contribution in [0.15, 0.2) is 63.8 Å². The highest BCUT2D eigenvalue weighted by atomic mass is 32.2. The molecule has 0 bridgehead atoms. The molecule has 0 aliphatic heterocycles. The van der Waals surface area contributed by atoms with Crippen molar-refractivity contribution in [2.75, 3.05) is 17.1 Å². The van der Waals surface area contributed by atoms with E-state index in [1.807, 2.05) is 0 Å². The Balaban J connectivity index is 1.58. The third-order valence-electron chi connectivity index (χ3n) is 4.01. The third kappa shape index (κ3) is 6.73. The average molecular weight is 513 g/mol. The summed E-state index contributed by atoms with van der Waals surface area (Å²) in [4.78, 5) is 16.6. The van der Waals surface area contributed by atoms with Crippen LogP contribution in [0.1, 0.15) is 16.7 Å². The summed E-state index contributed by atoms with van der Waals surface area (Å²) in [5.41, 5.74) is 0. The summed E-state index contributed by atoms with van der Waals surface area (Å²) < 4.78 is 57.1. The lowest BCUT2D eigenvalue weighted by atomic mass is 10.4. The summed E-state index contributed by atoms with van der Waals surface area (Å²) in [6.45, 7) is 1.52. The highest BCUT2D eigenvalue weighted by molar-refractivity contribution is 7.93. The number of thiazole rings is 1. The maximum Gasteiger partial charge on any atom is 0.302 e. The molecule has 0 atom stereocenters. The number of esters is 1. The van der Waals surface area contributed by atoms with Crippen LogP contribution < -0.4 is 4.72 Å². The highest BCUT2D eigenvalue weighted by Gasteiger charge is 2.18. The number of thiophene rings is 1. The Morgan fingerprint density at radius 2 is 1.91 bits per heavy atom. The number of ether oxygens (including phenoxy) is 1. The molecule has 3 rings (SSSR count). The molecule has 170 valence electrons. The lowest BCUT2D eigenvalue weighted by Gasteiger charge is -2.01. The summed E-state index contributed by atoms with van der Waals surface area (Å²) in [6.07, 6.45) is 5.00. The van der Waals surface area contributed by atoms with E-state index in [-0.39, 0.29) is 33.3 Å². The van der Waals surface area contributed by atoms with Crippen LogP contribution in [0.4, 0.5) is 5.13 Å². The van der Waals surface area contributed by atoms with E-state index < -0.39 is 19.9 Å². The predicted molar refractivity (Wildman–Crippen MR) is 125 cm³/mol. The molecule has 8 nitrogen and oxygen atoms in total. The second-order valence-electron chi connectivity index (χ2n) is 6.51. The SMILES string of the molecule is CC(=O)OCCc1cnc(NS(=O)(=O)CC=Cc2cc(S(=O)(=O)c3ccccc3)cs2)s1. The average Bonchev–Trinajstić information content (AvgIpc) is 3.38. The number of hydrogen-bond donors (Lipinski definition) is 1. The van der Waals surface area contributed by atoms with Crippen LogP contribution >= 0.6 is 22.7 Å². The molecular weight excluding hydrogens is 492 g/mol. The Bertz CT molecular complexity index is 1310. The van der Waals surface area contributed by atoms with E-state index in [0.29, 0.717) is 11.3 Å². The Morgan fingerprint density at radius 1 is 1.16 bits per heavy atom. The number of aromatic nitrogens is 1. The van der Waals surface area contributed by atoms with Crippen molar-refractivity contribution in [1.82, 2.24) is 4.98 Å². The fraction of sp³-hybridized carbons (Fsp3) is 0.200. The van der Waals surface area contributed by atoms with Crippen molar-refractivity contribution in [3.05, 3.63) is 63.8 Å². The van der Waals surface area contributed by atoms with E-state index in [0.717, 1.165) is 16.2 Å². The minimum absolute atomic E-state index is 0.165. The van der Waals surface area contributed by atoms with E-state index in [4.69, 9.17) is 4.74 Å². The Hall–Kier alpha value is -2.54. The van der Waals surface area contributed by atoms with Gasteiger partial charge in [0.2, 0.25) is 19.9 Å². The molecule has 32 heavy (non-hydrogen) atoms. The van der Waals surface area contributed by atoms with Gasteiger partial charge in [-0.1, -0.05) is 24.3 Å². The number of carbonyl (C=O) groups excluding carboxylic acids is 1. The monoisotopic (exact) mass is 512 g/mol. The number of sulfone groups is 1. The van der Waals surface area contributed by atoms with Crippen molar-refractivity contribution in [2.45, 2.75) is 23.1 Å². The van der Waals surface area contributed by atoms with Gasteiger partial charge >= 0.3 is 5.97 Å². The summed E-state index contributed by atoms with van der Waals surface area (Å²) >= 11 is 2.38. The van der Waals surface area contributed by atoms with Crippen molar-refractivity contribution in [3.8, 4) is 0 Å². The maximum atomic E-state index is 12.6. The van der Waals surface area contributed by atoms with Crippen LogP contribution in [0.5, 0.6) is 0 Å². The first kappa shape index (κ1) is 24.1. The smallest absolute Gasteiger partial charge is 0.302 e. The zero-order valence-corrected chi connectivity index (χ0v) is 20.2. The number of hydrogen-bond acceptors (Lipinski definition) is 9. The fourth-order valence-electron chi connectivity index (χ4n) is 2.53. The zero-order valence-electron chi connectivity index (χ0n) is 16.9. The van der Waals surface area contributed by atoms with Gasteiger partial charge in [-0.3, -0.25) is 9.52 Å². The predicted octanol–water partition coefficient (Wildman–Crippen LogP) is 3.60. The first-order chi connectivity index (χ1) is 15.2. The molecule has 0 fully saturated rings. The standard InChI is InChI=1S/C20H20N2O6S4/c1-15(23)28-10-9-17-13-21-20(30-17)22-31(24,25)11-5-6-16-12-19(14-29-16)32(26,27)18-7-3-2-4-8-18/h2-8,12-14H,9-11H2,1H3,(H,21,22). The molecule has 0 aliphatic rings. The first-order valence-electron chi connectivity index (χ1n) is 9.29. The summed E-state index contributed by atoms with van der Waals surface area (Å²) in [5.74, 6) is -0.675. The van der Waals surface area contributed by atoms with Gasteiger partial charge in [-0.15, -0.1) is 22.7 Å². The van der Waals surface area contributed by atoms with E-state index in [2.05, 4.69) is 9.71 Å². The van der Waals surface area contributed by atoms with Crippen molar-refractivity contribution in [2.24, 2.45) is 0 Å². The molecule has 0 saturated carbocycles. The number of benzene rings is 1. The van der Waals surface area contributed by atoms with Gasteiger partial charge in [0.05, 0.1) is 22.2 Å². The fourth-order valence-corrected chi connectivity index (χ4v) is 6.96. The number of nitrogens with zero attached hydrogens (tertiary/aromatic N) is 1. The number of anilines is 1. The van der Waals surface area contributed by atoms with Gasteiger partial charge in [-0.2, -0.15) is 0 Å². The molecule has 0 spiro atoms.